The predicted octanol–water partition coefficient (Wildman–Crippen LogP) is 4.83. The Hall–Kier alpha value is -0.350. The molecule has 0 aliphatic heterocycles. The van der Waals surface area contributed by atoms with Crippen LogP contribution in [-0.4, -0.2) is 18.0 Å². The summed E-state index contributed by atoms with van der Waals surface area (Å²) in [7, 11) is 0. The molecule has 0 N–H and O–H groups in total. The van der Waals surface area contributed by atoms with Gasteiger partial charge in [-0.3, -0.25) is 0 Å². The maximum absolute atomic E-state index is 12.3. The first-order valence-electron chi connectivity index (χ1n) is 5.54. The summed E-state index contributed by atoms with van der Waals surface area (Å²) in [6, 6.07) is 0. The van der Waals surface area contributed by atoms with Crippen LogP contribution in [0.2, 0.25) is 0 Å². The number of rotatable bonds is 1. The van der Waals surface area contributed by atoms with Crippen molar-refractivity contribution in [1.82, 2.24) is 0 Å². The van der Waals surface area contributed by atoms with Crippen LogP contribution < -0.4 is 0 Å². The molecular formula is C11H19F5. The normalized spacial score (nSPS) is 27.2. The predicted molar refractivity (Wildman–Crippen MR) is 53.8 cm³/mol. The van der Waals surface area contributed by atoms with E-state index in [4.69, 9.17) is 0 Å². The molecule has 1 rings (SSSR count). The van der Waals surface area contributed by atoms with E-state index in [0.29, 0.717) is 0 Å². The van der Waals surface area contributed by atoms with Crippen LogP contribution in [0.4, 0.5) is 22.0 Å². The van der Waals surface area contributed by atoms with Crippen molar-refractivity contribution in [3.8, 4) is 0 Å². The van der Waals surface area contributed by atoms with E-state index in [0.717, 1.165) is 5.92 Å². The highest BCUT2D eigenvalue weighted by Gasteiger charge is 2.63. The van der Waals surface area contributed by atoms with E-state index in [1.165, 1.54) is 6.42 Å². The van der Waals surface area contributed by atoms with Gasteiger partial charge in [0.15, 0.2) is 6.17 Å². The summed E-state index contributed by atoms with van der Waals surface area (Å²) in [6.45, 7) is 6.64. The summed E-state index contributed by atoms with van der Waals surface area (Å²) in [4.78, 5) is 0. The van der Waals surface area contributed by atoms with Crippen LogP contribution in [0.15, 0.2) is 0 Å². The molecule has 1 aliphatic carbocycles. The van der Waals surface area contributed by atoms with Crippen LogP contribution in [0.25, 0.3) is 0 Å². The number of hydrogen-bond acceptors (Lipinski definition) is 0. The zero-order valence-corrected chi connectivity index (χ0v) is 9.87. The summed E-state index contributed by atoms with van der Waals surface area (Å²) in [5.74, 6) is -7.74. The molecule has 0 aromatic heterocycles. The molecule has 1 unspecified atom stereocenters. The summed E-state index contributed by atoms with van der Waals surface area (Å²) >= 11 is 0. The van der Waals surface area contributed by atoms with E-state index < -0.39 is 30.9 Å². The minimum Gasteiger partial charge on any atom is -0.241 e. The quantitative estimate of drug-likeness (QED) is 0.581. The lowest BCUT2D eigenvalue weighted by Crippen LogP contribution is -2.50. The maximum Gasteiger partial charge on any atom is 0.340 e. The molecule has 0 spiro atoms. The van der Waals surface area contributed by atoms with Crippen molar-refractivity contribution in [3.63, 3.8) is 0 Å². The van der Waals surface area contributed by atoms with Crippen molar-refractivity contribution in [3.05, 3.63) is 0 Å². The Kier molecular flexibility index (Phi) is 5.70. The number of alkyl halides is 5. The third kappa shape index (κ3) is 3.91. The first kappa shape index (κ1) is 15.7. The van der Waals surface area contributed by atoms with Crippen molar-refractivity contribution in [2.45, 2.75) is 64.5 Å². The van der Waals surface area contributed by atoms with Crippen LogP contribution in [-0.2, 0) is 0 Å². The molecule has 1 fully saturated rings. The van der Waals surface area contributed by atoms with Crippen LogP contribution in [0.1, 0.15) is 46.5 Å². The van der Waals surface area contributed by atoms with Crippen molar-refractivity contribution >= 4 is 0 Å². The molecule has 0 saturated heterocycles. The molecule has 16 heavy (non-hydrogen) atoms. The standard InChI is InChI=1S/C6H7F5.C5H12/c7-4-2-1-3-5(8,9)6(4,10)11;1-4-5(2)3/h4H,1-3H2;5H,4H2,1-3H3. The summed E-state index contributed by atoms with van der Waals surface area (Å²) in [5.41, 5.74) is 0. The molecule has 0 radical (unpaired) electrons. The zero-order chi connectivity index (χ0) is 13.0. The van der Waals surface area contributed by atoms with Gasteiger partial charge in [0, 0.05) is 6.42 Å². The second kappa shape index (κ2) is 5.82. The number of halogens is 5. The van der Waals surface area contributed by atoms with Gasteiger partial charge in [0.05, 0.1) is 0 Å². The Morgan fingerprint density at radius 1 is 1.19 bits per heavy atom. The molecule has 0 nitrogen and oxygen atoms in total. The maximum atomic E-state index is 12.3. The third-order valence-corrected chi connectivity index (χ3v) is 2.65. The molecule has 98 valence electrons. The lowest BCUT2D eigenvalue weighted by atomic mass is 9.91. The lowest BCUT2D eigenvalue weighted by Gasteiger charge is -2.33. The van der Waals surface area contributed by atoms with E-state index >= 15 is 0 Å². The largest absolute Gasteiger partial charge is 0.340 e. The van der Waals surface area contributed by atoms with Crippen molar-refractivity contribution in [1.29, 1.82) is 0 Å². The second-order valence-corrected chi connectivity index (χ2v) is 4.49. The van der Waals surface area contributed by atoms with E-state index in [1.807, 2.05) is 0 Å². The Labute approximate surface area is 93.2 Å². The summed E-state index contributed by atoms with van der Waals surface area (Å²) in [6.07, 6.45) is -2.95. The van der Waals surface area contributed by atoms with Crippen molar-refractivity contribution < 1.29 is 22.0 Å². The first-order chi connectivity index (χ1) is 7.15. The molecule has 1 aliphatic rings. The highest BCUT2D eigenvalue weighted by Crippen LogP contribution is 2.46. The van der Waals surface area contributed by atoms with E-state index in [-0.39, 0.29) is 6.42 Å². The fourth-order valence-electron chi connectivity index (χ4n) is 1.08. The average molecular weight is 246 g/mol. The molecule has 1 atom stereocenters. The van der Waals surface area contributed by atoms with Gasteiger partial charge in [0.1, 0.15) is 0 Å². The van der Waals surface area contributed by atoms with Gasteiger partial charge in [0.2, 0.25) is 0 Å². The van der Waals surface area contributed by atoms with E-state index in [2.05, 4.69) is 20.8 Å². The molecule has 0 bridgehead atoms. The number of hydrogen-bond donors (Lipinski definition) is 0. The fraction of sp³-hybridized carbons (Fsp3) is 1.00. The van der Waals surface area contributed by atoms with Crippen LogP contribution in [0, 0.1) is 5.92 Å². The molecule has 1 saturated carbocycles. The highest BCUT2D eigenvalue weighted by atomic mass is 19.3. The molecule has 0 aromatic rings. The van der Waals surface area contributed by atoms with Gasteiger partial charge < -0.3 is 0 Å². The average Bonchev–Trinajstić information content (AvgIpc) is 2.16. The Morgan fingerprint density at radius 2 is 1.62 bits per heavy atom. The van der Waals surface area contributed by atoms with Gasteiger partial charge in [-0.05, 0) is 18.8 Å². The Balaban J connectivity index is 0.000000385. The monoisotopic (exact) mass is 246 g/mol. The fourth-order valence-corrected chi connectivity index (χ4v) is 1.08. The van der Waals surface area contributed by atoms with Crippen LogP contribution in [0.3, 0.4) is 0 Å². The van der Waals surface area contributed by atoms with Crippen LogP contribution >= 0.6 is 0 Å². The van der Waals surface area contributed by atoms with Gasteiger partial charge in [-0.25, -0.2) is 4.39 Å². The minimum absolute atomic E-state index is 0.177. The zero-order valence-electron chi connectivity index (χ0n) is 9.87. The minimum atomic E-state index is -4.47. The highest BCUT2D eigenvalue weighted by molar-refractivity contribution is 4.94. The van der Waals surface area contributed by atoms with Crippen molar-refractivity contribution in [2.75, 3.05) is 0 Å². The van der Waals surface area contributed by atoms with Gasteiger partial charge in [0.25, 0.3) is 0 Å². The second-order valence-electron chi connectivity index (χ2n) is 4.49. The Morgan fingerprint density at radius 3 is 1.88 bits per heavy atom. The van der Waals surface area contributed by atoms with E-state index in [9.17, 15) is 22.0 Å². The van der Waals surface area contributed by atoms with Gasteiger partial charge in [-0.1, -0.05) is 27.2 Å². The van der Waals surface area contributed by atoms with Gasteiger partial charge in [-0.2, -0.15) is 17.6 Å². The topological polar surface area (TPSA) is 0 Å². The summed E-state index contributed by atoms with van der Waals surface area (Å²) < 4.78 is 61.2. The van der Waals surface area contributed by atoms with Crippen LogP contribution in [0.5, 0.6) is 0 Å². The molecule has 0 amide bonds. The molecule has 0 aromatic carbocycles. The van der Waals surface area contributed by atoms with E-state index in [1.54, 1.807) is 0 Å². The Bertz CT molecular complexity index is 201. The summed E-state index contributed by atoms with van der Waals surface area (Å²) in [5, 5.41) is 0. The smallest absolute Gasteiger partial charge is 0.241 e. The van der Waals surface area contributed by atoms with Crippen molar-refractivity contribution in [2.24, 2.45) is 5.92 Å². The lowest BCUT2D eigenvalue weighted by molar-refractivity contribution is -0.257. The molecular weight excluding hydrogens is 227 g/mol. The third-order valence-electron chi connectivity index (χ3n) is 2.65. The SMILES string of the molecule is CCC(C)C.FC1CCCC(F)(F)C1(F)F. The molecule has 0 heterocycles. The van der Waals surface area contributed by atoms with Gasteiger partial charge in [-0.15, -0.1) is 0 Å². The molecule has 5 heteroatoms. The van der Waals surface area contributed by atoms with Gasteiger partial charge >= 0.3 is 11.8 Å². The first-order valence-corrected chi connectivity index (χ1v) is 5.54.